The number of hydrogen-bond acceptors (Lipinski definition) is 1. The Morgan fingerprint density at radius 3 is 2.50 bits per heavy atom. The number of allylic oxidation sites excluding steroid dienone is 1. The molecule has 0 aliphatic rings. The second-order valence-electron chi connectivity index (χ2n) is 3.07. The maximum atomic E-state index is 9.60. The van der Waals surface area contributed by atoms with Crippen LogP contribution in [0.5, 0.6) is 0 Å². The molecule has 1 unspecified atom stereocenters. The highest BCUT2D eigenvalue weighted by molar-refractivity contribution is 4.77. The van der Waals surface area contributed by atoms with Crippen LogP contribution in [0.15, 0.2) is 12.7 Å². The third-order valence-electron chi connectivity index (χ3n) is 1.68. The highest BCUT2D eigenvalue weighted by Crippen LogP contribution is 2.17. The van der Waals surface area contributed by atoms with Gasteiger partial charge in [-0.15, -0.1) is 6.58 Å². The topological polar surface area (TPSA) is 20.2 Å². The van der Waals surface area contributed by atoms with E-state index in [1.54, 1.807) is 0 Å². The normalized spacial score (nSPS) is 16.3. The minimum absolute atomic E-state index is 0.469. The van der Waals surface area contributed by atoms with Gasteiger partial charge < -0.3 is 5.11 Å². The van der Waals surface area contributed by atoms with Crippen LogP contribution in [0, 0.1) is 0 Å². The van der Waals surface area contributed by atoms with Crippen molar-refractivity contribution in [3.05, 3.63) is 12.7 Å². The van der Waals surface area contributed by atoms with Gasteiger partial charge in [0.25, 0.3) is 0 Å². The van der Waals surface area contributed by atoms with Gasteiger partial charge in [0, 0.05) is 0 Å². The maximum Gasteiger partial charge on any atom is 0.0622 e. The van der Waals surface area contributed by atoms with Crippen LogP contribution in [0.1, 0.15) is 39.5 Å². The standard InChI is InChI=1S/C9H18O/c1-4-6-8-9(3,10)7-5-2/h4,10H,1,5-8H2,2-3H3. The van der Waals surface area contributed by atoms with Gasteiger partial charge >= 0.3 is 0 Å². The molecule has 0 spiro atoms. The van der Waals surface area contributed by atoms with Gasteiger partial charge in [0.1, 0.15) is 0 Å². The fourth-order valence-corrected chi connectivity index (χ4v) is 1.08. The largest absolute Gasteiger partial charge is 0.390 e. The first-order chi connectivity index (χ1) is 4.62. The Labute approximate surface area is 63.8 Å². The summed E-state index contributed by atoms with van der Waals surface area (Å²) in [6, 6.07) is 0. The molecule has 0 aliphatic heterocycles. The fourth-order valence-electron chi connectivity index (χ4n) is 1.08. The average Bonchev–Trinajstić information content (AvgIpc) is 1.84. The van der Waals surface area contributed by atoms with E-state index in [-0.39, 0.29) is 0 Å². The molecule has 60 valence electrons. The molecule has 0 saturated carbocycles. The molecule has 0 aromatic rings. The molecule has 0 aliphatic carbocycles. The lowest BCUT2D eigenvalue weighted by Gasteiger charge is -2.21. The summed E-state index contributed by atoms with van der Waals surface area (Å²) < 4.78 is 0. The van der Waals surface area contributed by atoms with Crippen molar-refractivity contribution in [1.29, 1.82) is 0 Å². The Morgan fingerprint density at radius 1 is 1.50 bits per heavy atom. The molecule has 0 amide bonds. The Balaban J connectivity index is 3.51. The van der Waals surface area contributed by atoms with Crippen LogP contribution in [0.3, 0.4) is 0 Å². The van der Waals surface area contributed by atoms with Crippen molar-refractivity contribution >= 4 is 0 Å². The van der Waals surface area contributed by atoms with Gasteiger partial charge in [0.05, 0.1) is 5.60 Å². The number of rotatable bonds is 5. The van der Waals surface area contributed by atoms with E-state index in [1.807, 2.05) is 13.0 Å². The van der Waals surface area contributed by atoms with E-state index in [0.29, 0.717) is 0 Å². The maximum absolute atomic E-state index is 9.60. The smallest absolute Gasteiger partial charge is 0.0622 e. The predicted octanol–water partition coefficient (Wildman–Crippen LogP) is 2.50. The van der Waals surface area contributed by atoms with Gasteiger partial charge in [0.2, 0.25) is 0 Å². The molecular formula is C9H18O. The van der Waals surface area contributed by atoms with Crippen molar-refractivity contribution in [2.45, 2.75) is 45.1 Å². The lowest BCUT2D eigenvalue weighted by molar-refractivity contribution is 0.0423. The lowest BCUT2D eigenvalue weighted by Crippen LogP contribution is -2.22. The average molecular weight is 142 g/mol. The van der Waals surface area contributed by atoms with Crippen LogP contribution in [-0.2, 0) is 0 Å². The summed E-state index contributed by atoms with van der Waals surface area (Å²) in [7, 11) is 0. The first kappa shape index (κ1) is 9.70. The van der Waals surface area contributed by atoms with E-state index < -0.39 is 5.60 Å². The Bertz CT molecular complexity index is 94.9. The third kappa shape index (κ3) is 4.57. The zero-order valence-corrected chi connectivity index (χ0v) is 7.06. The summed E-state index contributed by atoms with van der Waals surface area (Å²) >= 11 is 0. The third-order valence-corrected chi connectivity index (χ3v) is 1.68. The molecule has 1 nitrogen and oxygen atoms in total. The summed E-state index contributed by atoms with van der Waals surface area (Å²) in [5.74, 6) is 0. The zero-order valence-electron chi connectivity index (χ0n) is 7.06. The van der Waals surface area contributed by atoms with Crippen LogP contribution >= 0.6 is 0 Å². The fraction of sp³-hybridized carbons (Fsp3) is 0.778. The molecule has 0 fully saturated rings. The van der Waals surface area contributed by atoms with Crippen LogP contribution in [0.2, 0.25) is 0 Å². The van der Waals surface area contributed by atoms with E-state index >= 15 is 0 Å². The van der Waals surface area contributed by atoms with Gasteiger partial charge in [0.15, 0.2) is 0 Å². The summed E-state index contributed by atoms with van der Waals surface area (Å²) in [4.78, 5) is 0. The molecule has 0 aromatic heterocycles. The molecule has 0 bridgehead atoms. The molecule has 1 heteroatoms. The van der Waals surface area contributed by atoms with Gasteiger partial charge in [-0.05, 0) is 26.2 Å². The zero-order chi connectivity index (χ0) is 8.04. The first-order valence-electron chi connectivity index (χ1n) is 3.95. The van der Waals surface area contributed by atoms with Crippen LogP contribution in [0.4, 0.5) is 0 Å². The van der Waals surface area contributed by atoms with Gasteiger partial charge in [-0.3, -0.25) is 0 Å². The summed E-state index contributed by atoms with van der Waals surface area (Å²) in [6.07, 6.45) is 5.53. The second kappa shape index (κ2) is 4.51. The minimum atomic E-state index is -0.469. The van der Waals surface area contributed by atoms with Crippen LogP contribution < -0.4 is 0 Å². The minimum Gasteiger partial charge on any atom is -0.390 e. The van der Waals surface area contributed by atoms with Gasteiger partial charge in [-0.2, -0.15) is 0 Å². The lowest BCUT2D eigenvalue weighted by atomic mass is 9.95. The molecule has 1 atom stereocenters. The van der Waals surface area contributed by atoms with E-state index in [4.69, 9.17) is 0 Å². The summed E-state index contributed by atoms with van der Waals surface area (Å²) in [6.45, 7) is 7.59. The summed E-state index contributed by atoms with van der Waals surface area (Å²) in [5.41, 5.74) is -0.469. The molecule has 0 aromatic carbocycles. The monoisotopic (exact) mass is 142 g/mol. The molecule has 0 heterocycles. The quantitative estimate of drug-likeness (QED) is 0.585. The van der Waals surface area contributed by atoms with Crippen molar-refractivity contribution < 1.29 is 5.11 Å². The van der Waals surface area contributed by atoms with Crippen LogP contribution in [-0.4, -0.2) is 10.7 Å². The highest BCUT2D eigenvalue weighted by Gasteiger charge is 2.16. The Morgan fingerprint density at radius 2 is 2.10 bits per heavy atom. The molecule has 0 rings (SSSR count). The number of aliphatic hydroxyl groups is 1. The number of hydrogen-bond donors (Lipinski definition) is 1. The predicted molar refractivity (Wildman–Crippen MR) is 45.0 cm³/mol. The second-order valence-corrected chi connectivity index (χ2v) is 3.07. The molecule has 10 heavy (non-hydrogen) atoms. The van der Waals surface area contributed by atoms with E-state index in [1.165, 1.54) is 0 Å². The van der Waals surface area contributed by atoms with Crippen LogP contribution in [0.25, 0.3) is 0 Å². The Kier molecular flexibility index (Phi) is 4.37. The van der Waals surface area contributed by atoms with Gasteiger partial charge in [-0.25, -0.2) is 0 Å². The van der Waals surface area contributed by atoms with E-state index in [0.717, 1.165) is 25.7 Å². The highest BCUT2D eigenvalue weighted by atomic mass is 16.3. The molecule has 1 N–H and O–H groups in total. The van der Waals surface area contributed by atoms with Crippen molar-refractivity contribution in [1.82, 2.24) is 0 Å². The van der Waals surface area contributed by atoms with E-state index in [2.05, 4.69) is 13.5 Å². The SMILES string of the molecule is C=CCCC(C)(O)CCC. The van der Waals surface area contributed by atoms with Crippen molar-refractivity contribution in [2.75, 3.05) is 0 Å². The molecule has 0 radical (unpaired) electrons. The molecular weight excluding hydrogens is 124 g/mol. The Hall–Kier alpha value is -0.300. The molecule has 0 saturated heterocycles. The van der Waals surface area contributed by atoms with Crippen molar-refractivity contribution in [2.24, 2.45) is 0 Å². The first-order valence-corrected chi connectivity index (χ1v) is 3.95. The van der Waals surface area contributed by atoms with Crippen molar-refractivity contribution in [3.8, 4) is 0 Å². The van der Waals surface area contributed by atoms with Crippen molar-refractivity contribution in [3.63, 3.8) is 0 Å². The van der Waals surface area contributed by atoms with E-state index in [9.17, 15) is 5.11 Å². The summed E-state index contributed by atoms with van der Waals surface area (Å²) in [5, 5.41) is 9.60. The van der Waals surface area contributed by atoms with Gasteiger partial charge in [-0.1, -0.05) is 19.4 Å².